The number of rotatable bonds is 3. The minimum absolute atomic E-state index is 0.437. The molecule has 1 aromatic heterocycles. The van der Waals surface area contributed by atoms with Gasteiger partial charge in [0.2, 0.25) is 0 Å². The van der Waals surface area contributed by atoms with Gasteiger partial charge in [-0.1, -0.05) is 40.2 Å². The minimum Gasteiger partial charge on any atom is -0.355 e. The highest BCUT2D eigenvalue weighted by Crippen LogP contribution is 2.19. The van der Waals surface area contributed by atoms with Gasteiger partial charge in [-0.05, 0) is 23.8 Å². The van der Waals surface area contributed by atoms with Crippen LogP contribution in [-0.4, -0.2) is 12.0 Å². The van der Waals surface area contributed by atoms with Crippen molar-refractivity contribution in [2.75, 3.05) is 11.9 Å². The van der Waals surface area contributed by atoms with Crippen LogP contribution in [0.5, 0.6) is 0 Å². The van der Waals surface area contributed by atoms with Gasteiger partial charge in [0, 0.05) is 18.1 Å². The molecule has 0 aliphatic carbocycles. The van der Waals surface area contributed by atoms with Gasteiger partial charge in [0.25, 0.3) is 0 Å². The van der Waals surface area contributed by atoms with Gasteiger partial charge < -0.3 is 4.90 Å². The first kappa shape index (κ1) is 12.6. The summed E-state index contributed by atoms with van der Waals surface area (Å²) < 4.78 is 1.08. The maximum absolute atomic E-state index is 8.84. The minimum atomic E-state index is 0.437. The number of hydrogen-bond donors (Lipinski definition) is 0. The second-order valence-electron chi connectivity index (χ2n) is 3.94. The summed E-state index contributed by atoms with van der Waals surface area (Å²) in [5, 5.41) is 8.84. The van der Waals surface area contributed by atoms with E-state index in [9.17, 15) is 0 Å². The smallest absolute Gasteiger partial charge is 0.142 e. The molecule has 0 spiro atoms. The van der Waals surface area contributed by atoms with E-state index >= 15 is 0 Å². The normalized spacial score (nSPS) is 9.83. The van der Waals surface area contributed by atoms with Crippen LogP contribution in [0.15, 0.2) is 46.9 Å². The van der Waals surface area contributed by atoms with Crippen LogP contribution in [0.4, 0.5) is 5.82 Å². The van der Waals surface area contributed by atoms with Crippen molar-refractivity contribution in [1.29, 1.82) is 5.26 Å². The van der Waals surface area contributed by atoms with E-state index < -0.39 is 0 Å². The van der Waals surface area contributed by atoms with Crippen LogP contribution in [0.3, 0.4) is 0 Å². The zero-order chi connectivity index (χ0) is 13.0. The lowest BCUT2D eigenvalue weighted by Crippen LogP contribution is -2.18. The van der Waals surface area contributed by atoms with E-state index in [0.717, 1.165) is 16.8 Å². The van der Waals surface area contributed by atoms with E-state index in [-0.39, 0.29) is 0 Å². The molecule has 1 aromatic carbocycles. The van der Waals surface area contributed by atoms with Crippen molar-refractivity contribution < 1.29 is 0 Å². The van der Waals surface area contributed by atoms with E-state index in [1.807, 2.05) is 42.3 Å². The zero-order valence-electron chi connectivity index (χ0n) is 9.97. The first-order valence-electron chi connectivity index (χ1n) is 5.52. The summed E-state index contributed by atoms with van der Waals surface area (Å²) in [6.07, 6.45) is 0. The molecule has 0 N–H and O–H groups in total. The molecule has 0 radical (unpaired) electrons. The van der Waals surface area contributed by atoms with E-state index in [0.29, 0.717) is 5.69 Å². The van der Waals surface area contributed by atoms with Crippen molar-refractivity contribution >= 4 is 21.7 Å². The molecule has 0 unspecified atom stereocenters. The van der Waals surface area contributed by atoms with Gasteiger partial charge in [0.05, 0.1) is 0 Å². The Morgan fingerprint density at radius 1 is 1.22 bits per heavy atom. The summed E-state index contributed by atoms with van der Waals surface area (Å²) in [5.74, 6) is 0.796. The molecule has 0 aliphatic rings. The van der Waals surface area contributed by atoms with Crippen molar-refractivity contribution in [2.24, 2.45) is 0 Å². The van der Waals surface area contributed by atoms with Crippen molar-refractivity contribution in [1.82, 2.24) is 4.98 Å². The molecule has 90 valence electrons. The van der Waals surface area contributed by atoms with Crippen LogP contribution in [0.1, 0.15) is 11.3 Å². The van der Waals surface area contributed by atoms with Gasteiger partial charge in [-0.25, -0.2) is 4.98 Å². The second-order valence-corrected chi connectivity index (χ2v) is 4.79. The molecule has 0 amide bonds. The molecule has 18 heavy (non-hydrogen) atoms. The molecule has 0 aliphatic heterocycles. The molecule has 0 atom stereocenters. The molecule has 0 fully saturated rings. The molecule has 2 aromatic rings. The monoisotopic (exact) mass is 301 g/mol. The predicted octanol–water partition coefficient (Wildman–Crippen LogP) is 3.35. The Morgan fingerprint density at radius 3 is 2.72 bits per heavy atom. The number of halogens is 1. The van der Waals surface area contributed by atoms with Crippen LogP contribution in [-0.2, 0) is 6.54 Å². The highest BCUT2D eigenvalue weighted by Gasteiger charge is 2.06. The van der Waals surface area contributed by atoms with Crippen molar-refractivity contribution in [3.05, 3.63) is 58.2 Å². The van der Waals surface area contributed by atoms with Gasteiger partial charge in [-0.15, -0.1) is 0 Å². The van der Waals surface area contributed by atoms with E-state index in [2.05, 4.69) is 33.0 Å². The highest BCUT2D eigenvalue weighted by molar-refractivity contribution is 9.10. The third-order valence-corrected chi connectivity index (χ3v) is 3.38. The number of hydrogen-bond acceptors (Lipinski definition) is 3. The average Bonchev–Trinajstić information content (AvgIpc) is 2.41. The number of anilines is 1. The Hall–Kier alpha value is -1.86. The van der Waals surface area contributed by atoms with Gasteiger partial charge in [-0.3, -0.25) is 0 Å². The number of aromatic nitrogens is 1. The van der Waals surface area contributed by atoms with Crippen molar-refractivity contribution in [3.63, 3.8) is 0 Å². The van der Waals surface area contributed by atoms with E-state index in [1.54, 1.807) is 6.07 Å². The molecule has 2 rings (SSSR count). The summed E-state index contributed by atoms with van der Waals surface area (Å²) >= 11 is 3.53. The van der Waals surface area contributed by atoms with Gasteiger partial charge in [0.1, 0.15) is 17.6 Å². The number of nitrogens with zero attached hydrogens (tertiary/aromatic N) is 3. The molecule has 3 nitrogen and oxygen atoms in total. The molecular weight excluding hydrogens is 290 g/mol. The zero-order valence-corrected chi connectivity index (χ0v) is 11.6. The first-order chi connectivity index (χ1) is 8.70. The molecule has 0 bridgehead atoms. The fourth-order valence-corrected chi connectivity index (χ4v) is 2.07. The molecule has 4 heteroatoms. The van der Waals surface area contributed by atoms with Crippen LogP contribution in [0.25, 0.3) is 0 Å². The molecule has 0 saturated carbocycles. The number of benzene rings is 1. The van der Waals surface area contributed by atoms with Crippen molar-refractivity contribution in [2.45, 2.75) is 6.54 Å². The van der Waals surface area contributed by atoms with Gasteiger partial charge in [-0.2, -0.15) is 5.26 Å². The maximum Gasteiger partial charge on any atom is 0.142 e. The topological polar surface area (TPSA) is 39.9 Å². The van der Waals surface area contributed by atoms with Gasteiger partial charge in [0.15, 0.2) is 0 Å². The Kier molecular flexibility index (Phi) is 3.96. The van der Waals surface area contributed by atoms with Crippen LogP contribution < -0.4 is 4.90 Å². The van der Waals surface area contributed by atoms with Gasteiger partial charge >= 0.3 is 0 Å². The highest BCUT2D eigenvalue weighted by atomic mass is 79.9. The maximum atomic E-state index is 8.84. The summed E-state index contributed by atoms with van der Waals surface area (Å²) in [4.78, 5) is 6.28. The van der Waals surface area contributed by atoms with E-state index in [1.165, 1.54) is 5.56 Å². The Bertz CT molecular complexity index is 590. The first-order valence-corrected chi connectivity index (χ1v) is 6.31. The molecular formula is C14H12BrN3. The van der Waals surface area contributed by atoms with E-state index in [4.69, 9.17) is 5.26 Å². The summed E-state index contributed by atoms with van der Waals surface area (Å²) in [7, 11) is 1.96. The average molecular weight is 302 g/mol. The summed E-state index contributed by atoms with van der Waals surface area (Å²) in [5.41, 5.74) is 1.62. The Balaban J connectivity index is 2.20. The summed E-state index contributed by atoms with van der Waals surface area (Å²) in [6, 6.07) is 15.6. The molecule has 1 heterocycles. The number of pyridine rings is 1. The predicted molar refractivity (Wildman–Crippen MR) is 75.2 cm³/mol. The number of nitriles is 1. The van der Waals surface area contributed by atoms with Crippen LogP contribution in [0, 0.1) is 11.3 Å². The third-order valence-electron chi connectivity index (χ3n) is 2.61. The third kappa shape index (κ3) is 2.88. The fourth-order valence-electron chi connectivity index (χ4n) is 1.66. The van der Waals surface area contributed by atoms with Crippen LogP contribution >= 0.6 is 15.9 Å². The second kappa shape index (κ2) is 5.65. The summed E-state index contributed by atoms with van der Waals surface area (Å²) in [6.45, 7) is 0.739. The largest absolute Gasteiger partial charge is 0.355 e. The standard InChI is InChI=1S/C14H12BrN3/c1-18(10-11-5-2-3-7-13(11)15)14-8-4-6-12(9-16)17-14/h2-8H,10H2,1H3. The lowest BCUT2D eigenvalue weighted by molar-refractivity contribution is 0.892. The lowest BCUT2D eigenvalue weighted by Gasteiger charge is -2.19. The quantitative estimate of drug-likeness (QED) is 0.873. The molecule has 0 saturated heterocycles. The van der Waals surface area contributed by atoms with Crippen molar-refractivity contribution in [3.8, 4) is 6.07 Å². The Labute approximate surface area is 115 Å². The van der Waals surface area contributed by atoms with Crippen LogP contribution in [0.2, 0.25) is 0 Å². The SMILES string of the molecule is CN(Cc1ccccc1Br)c1cccc(C#N)n1. The lowest BCUT2D eigenvalue weighted by atomic mass is 10.2. The Morgan fingerprint density at radius 2 is 2.00 bits per heavy atom. The fraction of sp³-hybridized carbons (Fsp3) is 0.143.